The van der Waals surface area contributed by atoms with Crippen LogP contribution in [0.25, 0.3) is 0 Å². The standard InChI is InChI=1S/C18H15Cl4NO4/c1-9-5-11(19)3-4-16(9)26-8-17(24)27-10(2)18(25)23-15-7-13(21)12(20)6-14(15)22/h3-7,10H,8H2,1-2H3,(H,23,25). The Labute approximate surface area is 176 Å². The molecule has 1 amide bonds. The van der Waals surface area contributed by atoms with Crippen molar-refractivity contribution in [1.82, 2.24) is 0 Å². The maximum absolute atomic E-state index is 12.2. The van der Waals surface area contributed by atoms with E-state index in [4.69, 9.17) is 55.9 Å². The molecule has 27 heavy (non-hydrogen) atoms. The maximum atomic E-state index is 12.2. The van der Waals surface area contributed by atoms with Crippen LogP contribution in [-0.4, -0.2) is 24.6 Å². The van der Waals surface area contributed by atoms with E-state index in [2.05, 4.69) is 5.32 Å². The van der Waals surface area contributed by atoms with Gasteiger partial charge in [-0.25, -0.2) is 4.79 Å². The third kappa shape index (κ3) is 6.18. The molecule has 2 aromatic carbocycles. The number of hydrogen-bond acceptors (Lipinski definition) is 4. The molecule has 0 saturated carbocycles. The van der Waals surface area contributed by atoms with Crippen molar-refractivity contribution < 1.29 is 19.1 Å². The molecule has 1 atom stereocenters. The second-order valence-corrected chi connectivity index (χ2v) is 7.22. The average molecular weight is 451 g/mol. The van der Waals surface area contributed by atoms with Crippen molar-refractivity contribution >= 4 is 64.0 Å². The number of esters is 1. The Bertz CT molecular complexity index is 873. The molecule has 0 aliphatic rings. The van der Waals surface area contributed by atoms with Gasteiger partial charge in [0.25, 0.3) is 5.91 Å². The number of benzene rings is 2. The lowest BCUT2D eigenvalue weighted by atomic mass is 10.2. The van der Waals surface area contributed by atoms with E-state index in [1.165, 1.54) is 19.1 Å². The van der Waals surface area contributed by atoms with E-state index in [1.807, 2.05) is 0 Å². The monoisotopic (exact) mass is 449 g/mol. The first-order valence-electron chi connectivity index (χ1n) is 7.71. The summed E-state index contributed by atoms with van der Waals surface area (Å²) in [6.07, 6.45) is -1.07. The maximum Gasteiger partial charge on any atom is 0.344 e. The third-order valence-electron chi connectivity index (χ3n) is 3.43. The van der Waals surface area contributed by atoms with Crippen molar-refractivity contribution in [2.75, 3.05) is 11.9 Å². The molecule has 2 aromatic rings. The molecule has 5 nitrogen and oxygen atoms in total. The molecule has 144 valence electrons. The number of amides is 1. The fraction of sp³-hybridized carbons (Fsp3) is 0.222. The molecule has 0 heterocycles. The number of anilines is 1. The highest BCUT2D eigenvalue weighted by Crippen LogP contribution is 2.32. The molecule has 0 aliphatic carbocycles. The van der Waals surface area contributed by atoms with Crippen LogP contribution in [0.4, 0.5) is 5.69 Å². The van der Waals surface area contributed by atoms with Gasteiger partial charge in [0.2, 0.25) is 0 Å². The number of carbonyl (C=O) groups is 2. The summed E-state index contributed by atoms with van der Waals surface area (Å²) in [7, 11) is 0. The van der Waals surface area contributed by atoms with Crippen LogP contribution in [0.1, 0.15) is 12.5 Å². The second kappa shape index (κ2) is 9.51. The fourth-order valence-electron chi connectivity index (χ4n) is 2.05. The molecule has 0 aromatic heterocycles. The zero-order chi connectivity index (χ0) is 20.1. The van der Waals surface area contributed by atoms with Gasteiger partial charge in [0, 0.05) is 5.02 Å². The number of rotatable bonds is 6. The topological polar surface area (TPSA) is 64.6 Å². The van der Waals surface area contributed by atoms with E-state index < -0.39 is 18.0 Å². The van der Waals surface area contributed by atoms with Gasteiger partial charge in [-0.3, -0.25) is 4.79 Å². The fourth-order valence-corrected chi connectivity index (χ4v) is 2.87. The van der Waals surface area contributed by atoms with Gasteiger partial charge in [0.05, 0.1) is 20.8 Å². The van der Waals surface area contributed by atoms with Crippen LogP contribution in [0.2, 0.25) is 20.1 Å². The van der Waals surface area contributed by atoms with Crippen molar-refractivity contribution in [2.24, 2.45) is 0 Å². The Morgan fingerprint density at radius 2 is 1.70 bits per heavy atom. The normalized spacial score (nSPS) is 11.6. The summed E-state index contributed by atoms with van der Waals surface area (Å²) < 4.78 is 10.4. The molecular formula is C18H15Cl4NO4. The van der Waals surface area contributed by atoms with Crippen molar-refractivity contribution in [3.8, 4) is 5.75 Å². The van der Waals surface area contributed by atoms with Crippen molar-refractivity contribution in [3.63, 3.8) is 0 Å². The summed E-state index contributed by atoms with van der Waals surface area (Å²) in [6, 6.07) is 7.81. The molecule has 0 bridgehead atoms. The minimum absolute atomic E-state index is 0.206. The van der Waals surface area contributed by atoms with Crippen LogP contribution in [0.15, 0.2) is 30.3 Å². The van der Waals surface area contributed by atoms with Crippen molar-refractivity contribution in [2.45, 2.75) is 20.0 Å². The van der Waals surface area contributed by atoms with Crippen molar-refractivity contribution in [1.29, 1.82) is 0 Å². The molecular weight excluding hydrogens is 436 g/mol. The Hall–Kier alpha value is -1.66. The van der Waals surface area contributed by atoms with Gasteiger partial charge < -0.3 is 14.8 Å². The molecule has 0 aliphatic heterocycles. The van der Waals surface area contributed by atoms with Gasteiger partial charge in [-0.1, -0.05) is 46.4 Å². The molecule has 0 fully saturated rings. The summed E-state index contributed by atoms with van der Waals surface area (Å²) in [5.74, 6) is -0.783. The first-order chi connectivity index (χ1) is 12.7. The summed E-state index contributed by atoms with van der Waals surface area (Å²) in [6.45, 7) is 2.86. The van der Waals surface area contributed by atoms with Crippen LogP contribution < -0.4 is 10.1 Å². The van der Waals surface area contributed by atoms with Crippen molar-refractivity contribution in [3.05, 3.63) is 56.0 Å². The van der Waals surface area contributed by atoms with Gasteiger partial charge in [-0.15, -0.1) is 0 Å². The predicted molar refractivity (Wildman–Crippen MR) is 107 cm³/mol. The number of aryl methyl sites for hydroxylation is 1. The summed E-state index contributed by atoms with van der Waals surface area (Å²) >= 11 is 23.6. The number of ether oxygens (including phenoxy) is 2. The molecule has 9 heteroatoms. The molecule has 1 N–H and O–H groups in total. The number of hydrogen-bond donors (Lipinski definition) is 1. The van der Waals surface area contributed by atoms with Crippen LogP contribution in [0.3, 0.4) is 0 Å². The van der Waals surface area contributed by atoms with Gasteiger partial charge in [-0.2, -0.15) is 0 Å². The van der Waals surface area contributed by atoms with E-state index in [-0.39, 0.29) is 27.4 Å². The number of nitrogens with one attached hydrogen (secondary N) is 1. The van der Waals surface area contributed by atoms with Gasteiger partial charge >= 0.3 is 5.97 Å². The highest BCUT2D eigenvalue weighted by molar-refractivity contribution is 6.44. The lowest BCUT2D eigenvalue weighted by Gasteiger charge is -2.15. The van der Waals surface area contributed by atoms with Gasteiger partial charge in [-0.05, 0) is 49.7 Å². The quantitative estimate of drug-likeness (QED) is 0.462. The first kappa shape index (κ1) is 21.6. The zero-order valence-electron chi connectivity index (χ0n) is 14.3. The summed E-state index contributed by atoms with van der Waals surface area (Å²) in [4.78, 5) is 24.1. The average Bonchev–Trinajstić information content (AvgIpc) is 2.58. The highest BCUT2D eigenvalue weighted by atomic mass is 35.5. The minimum Gasteiger partial charge on any atom is -0.482 e. The lowest BCUT2D eigenvalue weighted by Crippen LogP contribution is -2.31. The van der Waals surface area contributed by atoms with Crippen LogP contribution in [0, 0.1) is 6.92 Å². The van der Waals surface area contributed by atoms with Crippen LogP contribution in [-0.2, 0) is 14.3 Å². The molecule has 0 spiro atoms. The summed E-state index contributed by atoms with van der Waals surface area (Å²) in [5, 5.41) is 3.78. The molecule has 0 saturated heterocycles. The Morgan fingerprint density at radius 3 is 2.37 bits per heavy atom. The molecule has 0 radical (unpaired) electrons. The van der Waals surface area contributed by atoms with Crippen LogP contribution >= 0.6 is 46.4 Å². The second-order valence-electron chi connectivity index (χ2n) is 5.57. The SMILES string of the molecule is Cc1cc(Cl)ccc1OCC(=O)OC(C)C(=O)Nc1cc(Cl)c(Cl)cc1Cl. The number of carbonyl (C=O) groups excluding carboxylic acids is 2. The van der Waals surface area contributed by atoms with E-state index >= 15 is 0 Å². The van der Waals surface area contributed by atoms with Crippen LogP contribution in [0.5, 0.6) is 5.75 Å². The summed E-state index contributed by atoms with van der Waals surface area (Å²) in [5.41, 5.74) is 1.03. The Balaban J connectivity index is 1.90. The molecule has 2 rings (SSSR count). The highest BCUT2D eigenvalue weighted by Gasteiger charge is 2.20. The van der Waals surface area contributed by atoms with E-state index in [0.29, 0.717) is 10.8 Å². The third-order valence-corrected chi connectivity index (χ3v) is 4.70. The Kier molecular flexibility index (Phi) is 7.62. The first-order valence-corrected chi connectivity index (χ1v) is 9.22. The molecule has 1 unspecified atom stereocenters. The largest absolute Gasteiger partial charge is 0.482 e. The minimum atomic E-state index is -1.07. The smallest absolute Gasteiger partial charge is 0.344 e. The predicted octanol–water partition coefficient (Wildman–Crippen LogP) is 5.56. The van der Waals surface area contributed by atoms with Gasteiger partial charge in [0.1, 0.15) is 5.75 Å². The Morgan fingerprint density at radius 1 is 1.04 bits per heavy atom. The zero-order valence-corrected chi connectivity index (χ0v) is 17.3. The van der Waals surface area contributed by atoms with Gasteiger partial charge in [0.15, 0.2) is 12.7 Å². The van der Waals surface area contributed by atoms with E-state index in [0.717, 1.165) is 5.56 Å². The van der Waals surface area contributed by atoms with E-state index in [1.54, 1.807) is 25.1 Å². The lowest BCUT2D eigenvalue weighted by molar-refractivity contribution is -0.155. The number of halogens is 4. The van der Waals surface area contributed by atoms with E-state index in [9.17, 15) is 9.59 Å².